The Kier molecular flexibility index (Phi) is 7.64. The standard InChI is InChI=1S/C20H24ClN3O4S/c1-5-28-17-11-9-16(10-12-17)15(3)22-23-20(25)13-24(29(4,26)27)19-8-6-7-18(21)14(19)2/h6-12H,5,13H2,1-4H3,(H,23,25)/b22-15-. The van der Waals surface area contributed by atoms with Gasteiger partial charge in [-0.2, -0.15) is 5.10 Å². The fourth-order valence-electron chi connectivity index (χ4n) is 2.58. The Labute approximate surface area is 176 Å². The van der Waals surface area contributed by atoms with E-state index in [-0.39, 0.29) is 0 Å². The molecule has 0 aliphatic rings. The van der Waals surface area contributed by atoms with E-state index in [1.54, 1.807) is 32.0 Å². The molecule has 0 fully saturated rings. The van der Waals surface area contributed by atoms with Crippen molar-refractivity contribution in [3.63, 3.8) is 0 Å². The zero-order valence-corrected chi connectivity index (χ0v) is 18.3. The molecule has 0 aliphatic carbocycles. The van der Waals surface area contributed by atoms with Crippen LogP contribution in [0.25, 0.3) is 0 Å². The Balaban J connectivity index is 2.14. The lowest BCUT2D eigenvalue weighted by molar-refractivity contribution is -0.119. The number of hydrogen-bond donors (Lipinski definition) is 1. The van der Waals surface area contributed by atoms with Gasteiger partial charge in [0.05, 0.1) is 24.3 Å². The highest BCUT2D eigenvalue weighted by Crippen LogP contribution is 2.27. The highest BCUT2D eigenvalue weighted by Gasteiger charge is 2.23. The lowest BCUT2D eigenvalue weighted by atomic mass is 10.1. The van der Waals surface area contributed by atoms with Crippen LogP contribution >= 0.6 is 11.6 Å². The molecule has 0 aliphatic heterocycles. The monoisotopic (exact) mass is 437 g/mol. The van der Waals surface area contributed by atoms with Gasteiger partial charge in [-0.25, -0.2) is 13.8 Å². The summed E-state index contributed by atoms with van der Waals surface area (Å²) < 4.78 is 30.9. The molecular weight excluding hydrogens is 414 g/mol. The van der Waals surface area contributed by atoms with Crippen LogP contribution in [-0.2, 0) is 14.8 Å². The van der Waals surface area contributed by atoms with Gasteiger partial charge >= 0.3 is 0 Å². The number of nitrogens with one attached hydrogen (secondary N) is 1. The van der Waals surface area contributed by atoms with Crippen molar-refractivity contribution in [3.05, 3.63) is 58.6 Å². The van der Waals surface area contributed by atoms with Crippen LogP contribution in [-0.4, -0.2) is 39.4 Å². The first-order chi connectivity index (χ1) is 13.6. The van der Waals surface area contributed by atoms with Crippen LogP contribution in [0.1, 0.15) is 25.0 Å². The highest BCUT2D eigenvalue weighted by atomic mass is 35.5. The summed E-state index contributed by atoms with van der Waals surface area (Å²) in [6, 6.07) is 12.2. The van der Waals surface area contributed by atoms with Gasteiger partial charge in [-0.3, -0.25) is 9.10 Å². The Morgan fingerprint density at radius 1 is 1.21 bits per heavy atom. The minimum absolute atomic E-state index is 0.349. The summed E-state index contributed by atoms with van der Waals surface area (Å²) in [5.41, 5.74) is 4.71. The number of amides is 1. The maximum absolute atomic E-state index is 12.4. The average Bonchev–Trinajstić information content (AvgIpc) is 2.66. The van der Waals surface area contributed by atoms with Crippen molar-refractivity contribution in [2.45, 2.75) is 20.8 Å². The fourth-order valence-corrected chi connectivity index (χ4v) is 3.66. The van der Waals surface area contributed by atoms with Gasteiger partial charge in [-0.1, -0.05) is 17.7 Å². The normalized spacial score (nSPS) is 11.8. The van der Waals surface area contributed by atoms with E-state index >= 15 is 0 Å². The van der Waals surface area contributed by atoms with Crippen LogP contribution < -0.4 is 14.5 Å². The van der Waals surface area contributed by atoms with E-state index < -0.39 is 22.5 Å². The van der Waals surface area contributed by atoms with E-state index in [1.807, 2.05) is 31.2 Å². The SMILES string of the molecule is CCOc1ccc(/C(C)=N\NC(=O)CN(c2cccc(Cl)c2C)S(C)(=O)=O)cc1. The molecule has 9 heteroatoms. The van der Waals surface area contributed by atoms with E-state index in [1.165, 1.54) is 0 Å². The molecular formula is C20H24ClN3O4S. The van der Waals surface area contributed by atoms with Gasteiger partial charge in [0.2, 0.25) is 10.0 Å². The number of carbonyl (C=O) groups excluding carboxylic acids is 1. The van der Waals surface area contributed by atoms with Gasteiger partial charge in [-0.05, 0) is 68.3 Å². The second-order valence-electron chi connectivity index (χ2n) is 6.34. The molecule has 29 heavy (non-hydrogen) atoms. The second kappa shape index (κ2) is 9.76. The lowest BCUT2D eigenvalue weighted by Crippen LogP contribution is -2.39. The van der Waals surface area contributed by atoms with Crippen LogP contribution in [0.2, 0.25) is 5.02 Å². The minimum Gasteiger partial charge on any atom is -0.494 e. The maximum Gasteiger partial charge on any atom is 0.260 e. The number of carbonyl (C=O) groups is 1. The molecule has 0 saturated carbocycles. The molecule has 156 valence electrons. The molecule has 0 spiro atoms. The molecule has 0 bridgehead atoms. The Bertz CT molecular complexity index is 1000. The number of benzene rings is 2. The van der Waals surface area contributed by atoms with Crippen LogP contribution in [0.5, 0.6) is 5.75 Å². The number of anilines is 1. The zero-order valence-electron chi connectivity index (χ0n) is 16.8. The quantitative estimate of drug-likeness (QED) is 0.506. The molecule has 0 saturated heterocycles. The second-order valence-corrected chi connectivity index (χ2v) is 8.66. The van der Waals surface area contributed by atoms with Crippen LogP contribution in [0, 0.1) is 6.92 Å². The molecule has 2 aromatic rings. The van der Waals surface area contributed by atoms with Crippen LogP contribution in [0.15, 0.2) is 47.6 Å². The highest BCUT2D eigenvalue weighted by molar-refractivity contribution is 7.92. The molecule has 0 atom stereocenters. The van der Waals surface area contributed by atoms with Crippen molar-refractivity contribution in [2.75, 3.05) is 23.7 Å². The summed E-state index contributed by atoms with van der Waals surface area (Å²) in [7, 11) is -3.70. The molecule has 0 unspecified atom stereocenters. The van der Waals surface area contributed by atoms with E-state index in [4.69, 9.17) is 16.3 Å². The summed E-state index contributed by atoms with van der Waals surface area (Å²) in [4.78, 5) is 12.4. The van der Waals surface area contributed by atoms with Crippen molar-refractivity contribution >= 4 is 38.9 Å². The maximum atomic E-state index is 12.4. The first-order valence-corrected chi connectivity index (χ1v) is 11.1. The summed E-state index contributed by atoms with van der Waals surface area (Å²) in [6.07, 6.45) is 1.04. The summed E-state index contributed by atoms with van der Waals surface area (Å²) in [6.45, 7) is 5.50. The summed E-state index contributed by atoms with van der Waals surface area (Å²) in [5, 5.41) is 4.49. The number of nitrogens with zero attached hydrogens (tertiary/aromatic N) is 2. The molecule has 2 rings (SSSR count). The number of hydrogen-bond acceptors (Lipinski definition) is 5. The number of ether oxygens (including phenoxy) is 1. The Morgan fingerprint density at radius 2 is 1.86 bits per heavy atom. The Hall–Kier alpha value is -2.58. The van der Waals surface area contributed by atoms with E-state index in [0.29, 0.717) is 28.6 Å². The van der Waals surface area contributed by atoms with Crippen molar-refractivity contribution in [1.82, 2.24) is 5.43 Å². The fraction of sp³-hybridized carbons (Fsp3) is 0.300. The van der Waals surface area contributed by atoms with Gasteiger partial charge in [0, 0.05) is 5.02 Å². The van der Waals surface area contributed by atoms with Crippen LogP contribution in [0.4, 0.5) is 5.69 Å². The Morgan fingerprint density at radius 3 is 2.45 bits per heavy atom. The van der Waals surface area contributed by atoms with Gasteiger partial charge in [0.1, 0.15) is 12.3 Å². The lowest BCUT2D eigenvalue weighted by Gasteiger charge is -2.23. The van der Waals surface area contributed by atoms with Crippen molar-refractivity contribution in [1.29, 1.82) is 0 Å². The zero-order chi connectivity index (χ0) is 21.6. The van der Waals surface area contributed by atoms with Crippen molar-refractivity contribution < 1.29 is 17.9 Å². The molecule has 0 radical (unpaired) electrons. The van der Waals surface area contributed by atoms with E-state index in [0.717, 1.165) is 21.9 Å². The largest absolute Gasteiger partial charge is 0.494 e. The van der Waals surface area contributed by atoms with Gasteiger partial charge < -0.3 is 4.74 Å². The number of rotatable bonds is 8. The topological polar surface area (TPSA) is 88.1 Å². The molecule has 2 aromatic carbocycles. The number of halogens is 1. The van der Waals surface area contributed by atoms with Gasteiger partial charge in [-0.15, -0.1) is 0 Å². The summed E-state index contributed by atoms with van der Waals surface area (Å²) in [5.74, 6) is 0.175. The van der Waals surface area contributed by atoms with Gasteiger partial charge in [0.25, 0.3) is 5.91 Å². The van der Waals surface area contributed by atoms with Crippen molar-refractivity contribution in [2.24, 2.45) is 5.10 Å². The van der Waals surface area contributed by atoms with E-state index in [2.05, 4.69) is 10.5 Å². The minimum atomic E-state index is -3.70. The van der Waals surface area contributed by atoms with Crippen LogP contribution in [0.3, 0.4) is 0 Å². The third kappa shape index (κ3) is 6.20. The first-order valence-electron chi connectivity index (χ1n) is 8.92. The first kappa shape index (κ1) is 22.7. The number of hydrazone groups is 1. The summed E-state index contributed by atoms with van der Waals surface area (Å²) >= 11 is 6.09. The molecule has 0 heterocycles. The molecule has 1 N–H and O–H groups in total. The van der Waals surface area contributed by atoms with Gasteiger partial charge in [0.15, 0.2) is 0 Å². The predicted octanol–water partition coefficient (Wildman–Crippen LogP) is 3.35. The number of sulfonamides is 1. The average molecular weight is 438 g/mol. The smallest absolute Gasteiger partial charge is 0.260 e. The third-order valence-corrected chi connectivity index (χ3v) is 5.66. The van der Waals surface area contributed by atoms with E-state index in [9.17, 15) is 13.2 Å². The molecule has 1 amide bonds. The predicted molar refractivity (Wildman–Crippen MR) is 116 cm³/mol. The third-order valence-electron chi connectivity index (χ3n) is 4.13. The molecule has 0 aromatic heterocycles. The van der Waals surface area contributed by atoms with Crippen molar-refractivity contribution in [3.8, 4) is 5.75 Å². The molecule has 7 nitrogen and oxygen atoms in total.